The van der Waals surface area contributed by atoms with Gasteiger partial charge in [-0.1, -0.05) is 54.1 Å². The van der Waals surface area contributed by atoms with Gasteiger partial charge in [-0.2, -0.15) is 0 Å². The molecule has 0 N–H and O–H groups in total. The van der Waals surface area contributed by atoms with E-state index in [4.69, 9.17) is 16.3 Å². The molecule has 1 atom stereocenters. The van der Waals surface area contributed by atoms with Crippen LogP contribution in [0.4, 0.5) is 4.39 Å². The Balaban J connectivity index is 1.81. The summed E-state index contributed by atoms with van der Waals surface area (Å²) in [5.41, 5.74) is 4.21. The molecule has 0 aromatic heterocycles. The first-order valence-corrected chi connectivity index (χ1v) is 9.55. The van der Waals surface area contributed by atoms with E-state index in [9.17, 15) is 4.39 Å². The molecule has 3 heteroatoms. The molecule has 1 aliphatic rings. The zero-order chi connectivity index (χ0) is 18.5. The molecule has 1 aliphatic carbocycles. The monoisotopic (exact) mass is 370 g/mol. The minimum Gasteiger partial charge on any atom is -0.491 e. The zero-order valence-electron chi connectivity index (χ0n) is 15.3. The van der Waals surface area contributed by atoms with Crippen molar-refractivity contribution in [1.82, 2.24) is 0 Å². The fourth-order valence-corrected chi connectivity index (χ4v) is 3.71. The Bertz CT molecular complexity index is 821. The lowest BCUT2D eigenvalue weighted by Gasteiger charge is -2.19. The van der Waals surface area contributed by atoms with Gasteiger partial charge in [0.1, 0.15) is 0 Å². The fourth-order valence-electron chi connectivity index (χ4n) is 3.45. The molecular formula is C23H24ClFO. The summed E-state index contributed by atoms with van der Waals surface area (Å²) in [6, 6.07) is 11.7. The highest BCUT2D eigenvalue weighted by atomic mass is 35.5. The molecule has 1 nitrogen and oxygen atoms in total. The minimum atomic E-state index is -0.500. The Morgan fingerprint density at radius 1 is 1.15 bits per heavy atom. The summed E-state index contributed by atoms with van der Waals surface area (Å²) in [7, 11) is 0. The van der Waals surface area contributed by atoms with E-state index in [0.29, 0.717) is 18.1 Å². The molecule has 0 radical (unpaired) electrons. The van der Waals surface area contributed by atoms with Gasteiger partial charge in [-0.15, -0.1) is 0 Å². The lowest BCUT2D eigenvalue weighted by molar-refractivity contribution is 0.322. The van der Waals surface area contributed by atoms with Crippen molar-refractivity contribution in [3.05, 3.63) is 71.0 Å². The van der Waals surface area contributed by atoms with Gasteiger partial charge in [-0.05, 0) is 67.9 Å². The van der Waals surface area contributed by atoms with Gasteiger partial charge in [-0.3, -0.25) is 0 Å². The highest BCUT2D eigenvalue weighted by molar-refractivity contribution is 6.33. The molecule has 0 fully saturated rings. The lowest BCUT2D eigenvalue weighted by Crippen LogP contribution is -2.02. The summed E-state index contributed by atoms with van der Waals surface area (Å²) in [6.07, 6.45) is 10.1. The Morgan fingerprint density at radius 3 is 2.50 bits per heavy atom. The number of allylic oxidation sites excluding steroid dienone is 4. The molecule has 1 unspecified atom stereocenters. The third-order valence-electron chi connectivity index (χ3n) is 4.83. The van der Waals surface area contributed by atoms with Crippen LogP contribution in [0.2, 0.25) is 5.02 Å². The molecular weight excluding hydrogens is 347 g/mol. The van der Waals surface area contributed by atoms with E-state index in [0.717, 1.165) is 18.4 Å². The van der Waals surface area contributed by atoms with Crippen LogP contribution >= 0.6 is 11.6 Å². The first-order chi connectivity index (χ1) is 12.6. The normalized spacial score (nSPS) is 17.4. The lowest BCUT2D eigenvalue weighted by atomic mass is 9.86. The van der Waals surface area contributed by atoms with E-state index in [2.05, 4.69) is 37.3 Å². The first kappa shape index (κ1) is 18.7. The van der Waals surface area contributed by atoms with E-state index in [-0.39, 0.29) is 10.8 Å². The van der Waals surface area contributed by atoms with Gasteiger partial charge in [-0.25, -0.2) is 4.39 Å². The topological polar surface area (TPSA) is 9.23 Å². The van der Waals surface area contributed by atoms with Crippen molar-refractivity contribution in [1.29, 1.82) is 0 Å². The van der Waals surface area contributed by atoms with Crippen molar-refractivity contribution in [3.8, 4) is 16.9 Å². The maximum atomic E-state index is 14.3. The molecule has 0 saturated heterocycles. The van der Waals surface area contributed by atoms with E-state index < -0.39 is 5.82 Å². The third-order valence-corrected chi connectivity index (χ3v) is 5.20. The van der Waals surface area contributed by atoms with Gasteiger partial charge in [0.05, 0.1) is 11.6 Å². The van der Waals surface area contributed by atoms with E-state index in [1.807, 2.05) is 25.1 Å². The summed E-state index contributed by atoms with van der Waals surface area (Å²) >= 11 is 6.23. The standard InChI is InChI=1S/C23H24ClFO/c1-3-5-16-6-8-17(9-7-16)18-10-12-19(13-11-18)20-14-15-21(26-4-2)23(25)22(20)24/h3,5,8,10-16H,4,6-7,9H2,1-2H3/b5-3+. The third kappa shape index (κ3) is 4.02. The summed E-state index contributed by atoms with van der Waals surface area (Å²) < 4.78 is 19.6. The van der Waals surface area contributed by atoms with E-state index in [1.165, 1.54) is 17.6 Å². The van der Waals surface area contributed by atoms with Crippen molar-refractivity contribution >= 4 is 17.2 Å². The summed E-state index contributed by atoms with van der Waals surface area (Å²) in [5, 5.41) is 0.106. The van der Waals surface area contributed by atoms with Crippen molar-refractivity contribution in [2.45, 2.75) is 33.1 Å². The van der Waals surface area contributed by atoms with Crippen molar-refractivity contribution in [3.63, 3.8) is 0 Å². The molecule has 0 saturated carbocycles. The minimum absolute atomic E-state index is 0.106. The summed E-state index contributed by atoms with van der Waals surface area (Å²) in [6.45, 7) is 4.30. The predicted octanol–water partition coefficient (Wildman–Crippen LogP) is 7.30. The number of benzene rings is 2. The Hall–Kier alpha value is -2.06. The Kier molecular flexibility index (Phi) is 6.16. The first-order valence-electron chi connectivity index (χ1n) is 9.17. The molecule has 26 heavy (non-hydrogen) atoms. The largest absolute Gasteiger partial charge is 0.491 e. The van der Waals surface area contributed by atoms with Gasteiger partial charge in [0.25, 0.3) is 0 Å². The van der Waals surface area contributed by atoms with Crippen molar-refractivity contribution in [2.24, 2.45) is 5.92 Å². The Labute approximate surface area is 160 Å². The average molecular weight is 371 g/mol. The van der Waals surface area contributed by atoms with Gasteiger partial charge >= 0.3 is 0 Å². The number of ether oxygens (including phenoxy) is 1. The van der Waals surface area contributed by atoms with Crippen LogP contribution in [0.25, 0.3) is 16.7 Å². The molecule has 2 aromatic rings. The van der Waals surface area contributed by atoms with Crippen LogP contribution in [-0.2, 0) is 0 Å². The second kappa shape index (κ2) is 8.55. The molecule has 136 valence electrons. The van der Waals surface area contributed by atoms with Crippen LogP contribution in [-0.4, -0.2) is 6.61 Å². The molecule has 2 aromatic carbocycles. The van der Waals surface area contributed by atoms with Crippen LogP contribution in [0.3, 0.4) is 0 Å². The SMILES string of the molecule is C/C=C/C1CC=C(c2ccc(-c3ccc(OCC)c(F)c3Cl)cc2)CC1. The predicted molar refractivity (Wildman–Crippen MR) is 108 cm³/mol. The number of hydrogen-bond acceptors (Lipinski definition) is 1. The molecule has 0 spiro atoms. The fraction of sp³-hybridized carbons (Fsp3) is 0.304. The van der Waals surface area contributed by atoms with Crippen LogP contribution < -0.4 is 4.74 Å². The highest BCUT2D eigenvalue weighted by Crippen LogP contribution is 2.36. The average Bonchev–Trinajstić information content (AvgIpc) is 2.67. The second-order valence-corrected chi connectivity index (χ2v) is 6.92. The second-order valence-electron chi connectivity index (χ2n) is 6.54. The van der Waals surface area contributed by atoms with Crippen molar-refractivity contribution < 1.29 is 9.13 Å². The van der Waals surface area contributed by atoms with Crippen LogP contribution in [0, 0.1) is 11.7 Å². The number of halogens is 2. The molecule has 0 amide bonds. The van der Waals surface area contributed by atoms with Gasteiger partial charge in [0, 0.05) is 5.56 Å². The van der Waals surface area contributed by atoms with Gasteiger partial charge < -0.3 is 4.74 Å². The summed E-state index contributed by atoms with van der Waals surface area (Å²) in [5.74, 6) is 0.356. The quantitative estimate of drug-likeness (QED) is 0.501. The highest BCUT2D eigenvalue weighted by Gasteiger charge is 2.15. The van der Waals surface area contributed by atoms with Gasteiger partial charge in [0.2, 0.25) is 0 Å². The maximum Gasteiger partial charge on any atom is 0.184 e. The summed E-state index contributed by atoms with van der Waals surface area (Å²) in [4.78, 5) is 0. The van der Waals surface area contributed by atoms with Crippen LogP contribution in [0.5, 0.6) is 5.75 Å². The van der Waals surface area contributed by atoms with E-state index >= 15 is 0 Å². The van der Waals surface area contributed by atoms with Crippen LogP contribution in [0.1, 0.15) is 38.7 Å². The van der Waals surface area contributed by atoms with Crippen LogP contribution in [0.15, 0.2) is 54.6 Å². The van der Waals surface area contributed by atoms with E-state index in [1.54, 1.807) is 6.07 Å². The maximum absolute atomic E-state index is 14.3. The van der Waals surface area contributed by atoms with Crippen molar-refractivity contribution in [2.75, 3.05) is 6.61 Å². The zero-order valence-corrected chi connectivity index (χ0v) is 16.0. The molecule has 0 heterocycles. The number of rotatable bonds is 5. The molecule has 0 bridgehead atoms. The van der Waals surface area contributed by atoms with Gasteiger partial charge in [0.15, 0.2) is 11.6 Å². The number of hydrogen-bond donors (Lipinski definition) is 0. The molecule has 3 rings (SSSR count). The molecule has 0 aliphatic heterocycles. The Morgan fingerprint density at radius 2 is 1.88 bits per heavy atom. The smallest absolute Gasteiger partial charge is 0.184 e.